The summed E-state index contributed by atoms with van der Waals surface area (Å²) in [5.74, 6) is 0. The van der Waals surface area contributed by atoms with Crippen molar-refractivity contribution in [1.29, 1.82) is 0 Å². The van der Waals surface area contributed by atoms with Gasteiger partial charge in [-0.15, -0.1) is 0 Å². The quantitative estimate of drug-likeness (QED) is 0.433. The molecule has 1 aliphatic heterocycles. The molecule has 0 radical (unpaired) electrons. The summed E-state index contributed by atoms with van der Waals surface area (Å²) in [6.45, 7) is 4.98. The molecule has 1 aliphatic rings. The van der Waals surface area contributed by atoms with E-state index in [1.54, 1.807) is 0 Å². The van der Waals surface area contributed by atoms with E-state index in [1.165, 1.54) is 0 Å². The molecule has 0 aromatic carbocycles. The maximum absolute atomic E-state index is 5.22. The van der Waals surface area contributed by atoms with Crippen molar-refractivity contribution in [1.82, 2.24) is 17.6 Å². The molecule has 1 heterocycles. The van der Waals surface area contributed by atoms with Gasteiger partial charge in [-0.3, -0.25) is 0 Å². The molecule has 0 bridgehead atoms. The SMILES string of the molecule is CC1CNCCO1.N.N.O. The van der Waals surface area contributed by atoms with Crippen LogP contribution in [0.5, 0.6) is 0 Å². The van der Waals surface area contributed by atoms with E-state index < -0.39 is 0 Å². The van der Waals surface area contributed by atoms with Gasteiger partial charge in [-0.1, -0.05) is 0 Å². The van der Waals surface area contributed by atoms with E-state index in [-0.39, 0.29) is 17.8 Å². The lowest BCUT2D eigenvalue weighted by Gasteiger charge is -2.18. The lowest BCUT2D eigenvalue weighted by molar-refractivity contribution is 0.0410. The van der Waals surface area contributed by atoms with Crippen molar-refractivity contribution in [2.24, 2.45) is 0 Å². The Hall–Kier alpha value is -0.200. The number of hydrogen-bond acceptors (Lipinski definition) is 4. The number of ether oxygens (including phenoxy) is 1. The van der Waals surface area contributed by atoms with Gasteiger partial charge in [0.1, 0.15) is 0 Å². The Morgan fingerprint density at radius 3 is 2.20 bits per heavy atom. The van der Waals surface area contributed by atoms with Gasteiger partial charge in [0.15, 0.2) is 0 Å². The number of hydrogen-bond donors (Lipinski definition) is 3. The molecule has 1 unspecified atom stereocenters. The minimum atomic E-state index is 0. The van der Waals surface area contributed by atoms with E-state index in [4.69, 9.17) is 4.74 Å². The molecule has 0 spiro atoms. The van der Waals surface area contributed by atoms with Crippen molar-refractivity contribution in [2.75, 3.05) is 19.7 Å². The van der Waals surface area contributed by atoms with Crippen LogP contribution in [-0.2, 0) is 4.74 Å². The topological polar surface area (TPSA) is 123 Å². The molecule has 9 N–H and O–H groups in total. The fourth-order valence-corrected chi connectivity index (χ4v) is 0.697. The van der Waals surface area contributed by atoms with Gasteiger partial charge in [0.2, 0.25) is 0 Å². The summed E-state index contributed by atoms with van der Waals surface area (Å²) in [6, 6.07) is 0. The molecular formula is C5H19N3O2. The average molecular weight is 153 g/mol. The van der Waals surface area contributed by atoms with Crippen LogP contribution in [0.1, 0.15) is 6.92 Å². The van der Waals surface area contributed by atoms with Crippen LogP contribution < -0.4 is 17.6 Å². The van der Waals surface area contributed by atoms with Crippen molar-refractivity contribution < 1.29 is 10.2 Å². The van der Waals surface area contributed by atoms with E-state index in [1.807, 2.05) is 0 Å². The summed E-state index contributed by atoms with van der Waals surface area (Å²) in [7, 11) is 0. The van der Waals surface area contributed by atoms with Crippen molar-refractivity contribution in [3.8, 4) is 0 Å². The zero-order valence-electron chi connectivity index (χ0n) is 6.52. The first-order valence-corrected chi connectivity index (χ1v) is 2.72. The van der Waals surface area contributed by atoms with Gasteiger partial charge >= 0.3 is 0 Å². The van der Waals surface area contributed by atoms with E-state index >= 15 is 0 Å². The predicted octanol–water partition coefficient (Wildman–Crippen LogP) is -0.506. The van der Waals surface area contributed by atoms with Crippen molar-refractivity contribution >= 4 is 0 Å². The monoisotopic (exact) mass is 153 g/mol. The first-order valence-electron chi connectivity index (χ1n) is 2.72. The van der Waals surface area contributed by atoms with Gasteiger partial charge in [0.05, 0.1) is 12.7 Å². The van der Waals surface area contributed by atoms with Crippen LogP contribution >= 0.6 is 0 Å². The average Bonchev–Trinajstić information content (AvgIpc) is 1.69. The maximum Gasteiger partial charge on any atom is 0.0672 e. The molecule has 1 saturated heterocycles. The molecule has 1 rings (SSSR count). The molecule has 66 valence electrons. The minimum Gasteiger partial charge on any atom is -0.412 e. The largest absolute Gasteiger partial charge is 0.412 e. The summed E-state index contributed by atoms with van der Waals surface area (Å²) in [5.41, 5.74) is 0. The van der Waals surface area contributed by atoms with Crippen LogP contribution in [0.25, 0.3) is 0 Å². The maximum atomic E-state index is 5.22. The summed E-state index contributed by atoms with van der Waals surface area (Å²) < 4.78 is 5.22. The Labute approximate surface area is 61.6 Å². The van der Waals surface area contributed by atoms with Gasteiger partial charge in [0, 0.05) is 13.1 Å². The molecule has 5 heteroatoms. The number of morpholine rings is 1. The normalized spacial score (nSPS) is 23.1. The minimum absolute atomic E-state index is 0. The molecular weight excluding hydrogens is 134 g/mol. The van der Waals surface area contributed by atoms with Crippen LogP contribution in [0.4, 0.5) is 0 Å². The van der Waals surface area contributed by atoms with Crippen molar-refractivity contribution in [2.45, 2.75) is 13.0 Å². The first kappa shape index (κ1) is 16.4. The fourth-order valence-electron chi connectivity index (χ4n) is 0.697. The van der Waals surface area contributed by atoms with Crippen molar-refractivity contribution in [3.05, 3.63) is 0 Å². The zero-order chi connectivity index (χ0) is 5.11. The van der Waals surface area contributed by atoms with Crippen molar-refractivity contribution in [3.63, 3.8) is 0 Å². The summed E-state index contributed by atoms with van der Waals surface area (Å²) in [6.07, 6.45) is 0.425. The molecule has 5 nitrogen and oxygen atoms in total. The highest BCUT2D eigenvalue weighted by molar-refractivity contribution is 4.59. The Kier molecular flexibility index (Phi) is 14.4. The number of nitrogens with one attached hydrogen (secondary N) is 1. The third-order valence-corrected chi connectivity index (χ3v) is 1.11. The Balaban J connectivity index is -0.000000163. The second-order valence-electron chi connectivity index (χ2n) is 1.89. The first-order chi connectivity index (χ1) is 3.39. The number of rotatable bonds is 0. The van der Waals surface area contributed by atoms with E-state index in [0.29, 0.717) is 6.10 Å². The molecule has 0 saturated carbocycles. The zero-order valence-corrected chi connectivity index (χ0v) is 6.52. The Morgan fingerprint density at radius 1 is 1.40 bits per heavy atom. The van der Waals surface area contributed by atoms with E-state index in [2.05, 4.69) is 12.2 Å². The van der Waals surface area contributed by atoms with Crippen LogP contribution in [0, 0.1) is 0 Å². The smallest absolute Gasteiger partial charge is 0.0672 e. The third kappa shape index (κ3) is 5.93. The standard InChI is InChI=1S/C5H11NO.2H3N.H2O/c1-5-4-6-2-3-7-5;;;/h5-6H,2-4H2,1H3;2*1H3;1H2. The molecule has 0 aliphatic carbocycles. The Bertz CT molecular complexity index is 56.9. The fraction of sp³-hybridized carbons (Fsp3) is 1.00. The predicted molar refractivity (Wildman–Crippen MR) is 41.9 cm³/mol. The molecule has 0 amide bonds. The lowest BCUT2D eigenvalue weighted by atomic mass is 10.3. The molecule has 10 heavy (non-hydrogen) atoms. The van der Waals surface area contributed by atoms with Crippen LogP contribution in [0.3, 0.4) is 0 Å². The van der Waals surface area contributed by atoms with Gasteiger partial charge in [-0.2, -0.15) is 0 Å². The molecule has 1 atom stereocenters. The van der Waals surface area contributed by atoms with Gasteiger partial charge in [0.25, 0.3) is 0 Å². The van der Waals surface area contributed by atoms with E-state index in [0.717, 1.165) is 19.7 Å². The van der Waals surface area contributed by atoms with Gasteiger partial charge in [-0.25, -0.2) is 0 Å². The Morgan fingerprint density at radius 2 is 2.00 bits per heavy atom. The van der Waals surface area contributed by atoms with Crippen LogP contribution in [0.2, 0.25) is 0 Å². The van der Waals surface area contributed by atoms with E-state index in [9.17, 15) is 0 Å². The second kappa shape index (κ2) is 8.80. The molecule has 1 fully saturated rings. The van der Waals surface area contributed by atoms with Crippen LogP contribution in [-0.4, -0.2) is 31.3 Å². The third-order valence-electron chi connectivity index (χ3n) is 1.11. The van der Waals surface area contributed by atoms with Crippen LogP contribution in [0.15, 0.2) is 0 Å². The summed E-state index contributed by atoms with van der Waals surface area (Å²) in [5, 5.41) is 3.21. The highest BCUT2D eigenvalue weighted by Crippen LogP contribution is 1.91. The highest BCUT2D eigenvalue weighted by Gasteiger charge is 2.04. The molecule has 0 aromatic heterocycles. The highest BCUT2D eigenvalue weighted by atomic mass is 16.5. The summed E-state index contributed by atoms with van der Waals surface area (Å²) >= 11 is 0. The molecule has 0 aromatic rings. The van der Waals surface area contributed by atoms with Gasteiger partial charge < -0.3 is 27.8 Å². The summed E-state index contributed by atoms with van der Waals surface area (Å²) in [4.78, 5) is 0. The van der Waals surface area contributed by atoms with Gasteiger partial charge in [-0.05, 0) is 6.92 Å². The second-order valence-corrected chi connectivity index (χ2v) is 1.89. The lowest BCUT2D eigenvalue weighted by Crippen LogP contribution is -2.36.